The van der Waals surface area contributed by atoms with Crippen molar-refractivity contribution < 1.29 is 0 Å². The van der Waals surface area contributed by atoms with Crippen LogP contribution in [0.5, 0.6) is 0 Å². The molecular formula is C20H15N3. The molecule has 2 aromatic carbocycles. The Labute approximate surface area is 134 Å². The summed E-state index contributed by atoms with van der Waals surface area (Å²) in [6, 6.07) is 20.6. The van der Waals surface area contributed by atoms with Gasteiger partial charge >= 0.3 is 0 Å². The Hall–Kier alpha value is -3.20. The first kappa shape index (κ1) is 13.5. The first-order chi connectivity index (χ1) is 11.4. The fraction of sp³-hybridized carbons (Fsp3) is 0. The molecule has 0 amide bonds. The second-order valence-corrected chi connectivity index (χ2v) is 5.35. The van der Waals surface area contributed by atoms with Crippen LogP contribution in [0.1, 0.15) is 11.3 Å². The molecule has 0 aliphatic heterocycles. The molecule has 0 spiro atoms. The van der Waals surface area contributed by atoms with Crippen molar-refractivity contribution in [1.29, 1.82) is 0 Å². The van der Waals surface area contributed by atoms with Gasteiger partial charge in [-0.1, -0.05) is 42.5 Å². The van der Waals surface area contributed by atoms with Gasteiger partial charge in [-0.2, -0.15) is 5.10 Å². The van der Waals surface area contributed by atoms with E-state index in [1.165, 1.54) is 0 Å². The van der Waals surface area contributed by atoms with E-state index in [1.807, 2.05) is 36.4 Å². The molecule has 3 heteroatoms. The molecule has 2 aromatic heterocycles. The number of fused-ring (bicyclic) bond motifs is 1. The molecule has 3 nitrogen and oxygen atoms in total. The van der Waals surface area contributed by atoms with Gasteiger partial charge in [0.05, 0.1) is 11.2 Å². The number of aromatic amines is 1. The van der Waals surface area contributed by atoms with E-state index in [9.17, 15) is 0 Å². The lowest BCUT2D eigenvalue weighted by Gasteiger charge is -2.00. The summed E-state index contributed by atoms with van der Waals surface area (Å²) in [6.07, 6.45) is 7.73. The van der Waals surface area contributed by atoms with Gasteiger partial charge in [0.15, 0.2) is 0 Å². The van der Waals surface area contributed by atoms with Crippen LogP contribution in [0.4, 0.5) is 0 Å². The molecule has 4 rings (SSSR count). The fourth-order valence-electron chi connectivity index (χ4n) is 2.63. The molecule has 0 unspecified atom stereocenters. The zero-order valence-corrected chi connectivity index (χ0v) is 12.5. The Kier molecular flexibility index (Phi) is 3.45. The van der Waals surface area contributed by atoms with E-state index in [0.717, 1.165) is 33.3 Å². The van der Waals surface area contributed by atoms with Gasteiger partial charge in [-0.15, -0.1) is 0 Å². The number of benzene rings is 2. The lowest BCUT2D eigenvalue weighted by molar-refractivity contribution is 1.11. The molecule has 0 bridgehead atoms. The van der Waals surface area contributed by atoms with E-state index < -0.39 is 0 Å². The van der Waals surface area contributed by atoms with Crippen LogP contribution in [0.2, 0.25) is 0 Å². The first-order valence-corrected chi connectivity index (χ1v) is 7.52. The maximum absolute atomic E-state index is 4.42. The van der Waals surface area contributed by atoms with Crippen LogP contribution < -0.4 is 0 Å². The SMILES string of the molecule is C(=Cc1n[nH]c2cc(-c3ccncc3)ccc12)c1ccccc1. The van der Waals surface area contributed by atoms with Crippen LogP contribution in [-0.4, -0.2) is 15.2 Å². The second-order valence-electron chi connectivity index (χ2n) is 5.35. The molecule has 0 saturated heterocycles. The summed E-state index contributed by atoms with van der Waals surface area (Å²) >= 11 is 0. The Morgan fingerprint density at radius 2 is 1.61 bits per heavy atom. The van der Waals surface area contributed by atoms with Crippen molar-refractivity contribution >= 4 is 23.1 Å². The minimum Gasteiger partial charge on any atom is -0.277 e. The van der Waals surface area contributed by atoms with Gasteiger partial charge in [0.25, 0.3) is 0 Å². The Morgan fingerprint density at radius 3 is 2.43 bits per heavy atom. The zero-order chi connectivity index (χ0) is 15.5. The number of hydrogen-bond donors (Lipinski definition) is 1. The van der Waals surface area contributed by atoms with Crippen molar-refractivity contribution in [1.82, 2.24) is 15.2 Å². The average Bonchev–Trinajstić information content (AvgIpc) is 3.04. The van der Waals surface area contributed by atoms with Crippen molar-refractivity contribution in [2.45, 2.75) is 0 Å². The summed E-state index contributed by atoms with van der Waals surface area (Å²) in [4.78, 5) is 4.06. The molecule has 1 N–H and O–H groups in total. The van der Waals surface area contributed by atoms with Crippen molar-refractivity contribution in [2.24, 2.45) is 0 Å². The van der Waals surface area contributed by atoms with E-state index in [-0.39, 0.29) is 0 Å². The van der Waals surface area contributed by atoms with Gasteiger partial charge in [-0.25, -0.2) is 0 Å². The maximum Gasteiger partial charge on any atom is 0.0927 e. The van der Waals surface area contributed by atoms with E-state index in [0.29, 0.717) is 0 Å². The predicted molar refractivity (Wildman–Crippen MR) is 94.7 cm³/mol. The van der Waals surface area contributed by atoms with Crippen LogP contribution in [-0.2, 0) is 0 Å². The molecule has 0 fully saturated rings. The van der Waals surface area contributed by atoms with E-state index in [4.69, 9.17) is 0 Å². The maximum atomic E-state index is 4.42. The molecule has 2 heterocycles. The topological polar surface area (TPSA) is 41.6 Å². The molecule has 110 valence electrons. The van der Waals surface area contributed by atoms with Crippen molar-refractivity contribution in [3.8, 4) is 11.1 Å². The highest BCUT2D eigenvalue weighted by atomic mass is 15.1. The van der Waals surface area contributed by atoms with Gasteiger partial charge in [-0.05, 0) is 47.0 Å². The number of nitrogens with zero attached hydrogens (tertiary/aromatic N) is 2. The zero-order valence-electron chi connectivity index (χ0n) is 12.5. The molecule has 4 aromatic rings. The number of pyridine rings is 1. The van der Waals surface area contributed by atoms with Crippen molar-refractivity contribution in [3.63, 3.8) is 0 Å². The lowest BCUT2D eigenvalue weighted by Crippen LogP contribution is -1.79. The normalized spacial score (nSPS) is 11.3. The Bertz CT molecular complexity index is 954. The van der Waals surface area contributed by atoms with Gasteiger partial charge < -0.3 is 0 Å². The third-order valence-electron chi connectivity index (χ3n) is 3.84. The summed E-state index contributed by atoms with van der Waals surface area (Å²) in [6.45, 7) is 0. The summed E-state index contributed by atoms with van der Waals surface area (Å²) < 4.78 is 0. The largest absolute Gasteiger partial charge is 0.277 e. The fourth-order valence-corrected chi connectivity index (χ4v) is 2.63. The highest BCUT2D eigenvalue weighted by molar-refractivity contribution is 5.92. The minimum atomic E-state index is 0.949. The number of aromatic nitrogens is 3. The van der Waals surface area contributed by atoms with Crippen LogP contribution in [0.3, 0.4) is 0 Å². The number of H-pyrrole nitrogens is 1. The van der Waals surface area contributed by atoms with Gasteiger partial charge in [-0.3, -0.25) is 10.1 Å². The first-order valence-electron chi connectivity index (χ1n) is 7.52. The standard InChI is InChI=1S/C20H15N3/c1-2-4-15(5-3-1)6-9-19-18-8-7-17(14-20(18)23-22-19)16-10-12-21-13-11-16/h1-14H,(H,22,23). The molecule has 0 atom stereocenters. The van der Waals surface area contributed by atoms with E-state index >= 15 is 0 Å². The molecule has 0 radical (unpaired) electrons. The highest BCUT2D eigenvalue weighted by Crippen LogP contribution is 2.25. The van der Waals surface area contributed by atoms with Crippen LogP contribution in [0, 0.1) is 0 Å². The summed E-state index contributed by atoms with van der Waals surface area (Å²) in [5.74, 6) is 0. The molecule has 23 heavy (non-hydrogen) atoms. The van der Waals surface area contributed by atoms with Gasteiger partial charge in [0, 0.05) is 17.8 Å². The summed E-state index contributed by atoms with van der Waals surface area (Å²) in [5.41, 5.74) is 5.45. The van der Waals surface area contributed by atoms with Crippen LogP contribution >= 0.6 is 0 Å². The minimum absolute atomic E-state index is 0.949. The van der Waals surface area contributed by atoms with Crippen molar-refractivity contribution in [3.05, 3.63) is 84.3 Å². The average molecular weight is 297 g/mol. The molecule has 0 aliphatic carbocycles. The van der Waals surface area contributed by atoms with E-state index in [1.54, 1.807) is 12.4 Å². The monoisotopic (exact) mass is 297 g/mol. The second kappa shape index (κ2) is 5.89. The highest BCUT2D eigenvalue weighted by Gasteiger charge is 2.05. The van der Waals surface area contributed by atoms with Crippen molar-refractivity contribution in [2.75, 3.05) is 0 Å². The lowest BCUT2D eigenvalue weighted by atomic mass is 10.0. The Balaban J connectivity index is 1.69. The third kappa shape index (κ3) is 2.77. The van der Waals surface area contributed by atoms with E-state index in [2.05, 4.69) is 51.6 Å². The van der Waals surface area contributed by atoms with Gasteiger partial charge in [0.2, 0.25) is 0 Å². The summed E-state index contributed by atoms with van der Waals surface area (Å²) in [5, 5.41) is 8.66. The molecule has 0 aliphatic rings. The summed E-state index contributed by atoms with van der Waals surface area (Å²) in [7, 11) is 0. The number of nitrogens with one attached hydrogen (secondary N) is 1. The number of hydrogen-bond acceptors (Lipinski definition) is 2. The van der Waals surface area contributed by atoms with Crippen LogP contribution in [0.25, 0.3) is 34.2 Å². The number of rotatable bonds is 3. The van der Waals surface area contributed by atoms with Crippen LogP contribution in [0.15, 0.2) is 73.1 Å². The third-order valence-corrected chi connectivity index (χ3v) is 3.84. The van der Waals surface area contributed by atoms with Gasteiger partial charge in [0.1, 0.15) is 0 Å². The quantitative estimate of drug-likeness (QED) is 0.590. The molecular weight excluding hydrogens is 282 g/mol. The smallest absolute Gasteiger partial charge is 0.0927 e. The predicted octanol–water partition coefficient (Wildman–Crippen LogP) is 4.80. The Morgan fingerprint density at radius 1 is 0.783 bits per heavy atom. The molecule has 0 saturated carbocycles.